The van der Waals surface area contributed by atoms with Gasteiger partial charge >= 0.3 is 5.97 Å². The smallest absolute Gasteiger partial charge is 0.313 e. The van der Waals surface area contributed by atoms with Crippen LogP contribution in [-0.4, -0.2) is 18.2 Å². The number of methoxy groups -OCH3 is 1. The van der Waals surface area contributed by atoms with E-state index in [9.17, 15) is 14.3 Å². The van der Waals surface area contributed by atoms with E-state index in [1.807, 2.05) is 0 Å². The second-order valence-corrected chi connectivity index (χ2v) is 4.89. The normalized spacial score (nSPS) is 12.5. The van der Waals surface area contributed by atoms with Crippen LogP contribution in [0.4, 0.5) is 4.39 Å². The number of hydrogen-bond donors (Lipinski definition) is 2. The summed E-state index contributed by atoms with van der Waals surface area (Å²) < 4.78 is 17.9. The highest BCUT2D eigenvalue weighted by atomic mass is 35.5. The van der Waals surface area contributed by atoms with Crippen molar-refractivity contribution in [3.63, 3.8) is 0 Å². The van der Waals surface area contributed by atoms with E-state index in [1.54, 1.807) is 0 Å². The summed E-state index contributed by atoms with van der Waals surface area (Å²) in [7, 11) is 1.23. The Hall–Kier alpha value is -1.04. The number of phenolic OH excluding ortho intramolecular Hbond substituents is 1. The molecule has 1 atom stereocenters. The van der Waals surface area contributed by atoms with Crippen molar-refractivity contribution in [1.29, 1.82) is 0 Å². The van der Waals surface area contributed by atoms with Crippen LogP contribution < -0.4 is 5.73 Å². The molecule has 108 valence electrons. The van der Waals surface area contributed by atoms with Crippen LogP contribution >= 0.6 is 24.0 Å². The van der Waals surface area contributed by atoms with E-state index < -0.39 is 29.0 Å². The highest BCUT2D eigenvalue weighted by molar-refractivity contribution is 6.31. The highest BCUT2D eigenvalue weighted by Gasteiger charge is 2.39. The fourth-order valence-corrected chi connectivity index (χ4v) is 1.87. The van der Waals surface area contributed by atoms with Crippen LogP contribution in [0.25, 0.3) is 0 Å². The van der Waals surface area contributed by atoms with Crippen LogP contribution in [0.3, 0.4) is 0 Å². The van der Waals surface area contributed by atoms with Gasteiger partial charge in [0.2, 0.25) is 0 Å². The van der Waals surface area contributed by atoms with E-state index in [0.29, 0.717) is 0 Å². The van der Waals surface area contributed by atoms with Crippen LogP contribution in [0.1, 0.15) is 25.5 Å². The molecule has 7 heteroatoms. The number of hydrogen-bond acceptors (Lipinski definition) is 4. The lowest BCUT2D eigenvalue weighted by Gasteiger charge is -2.29. The first kappa shape index (κ1) is 18.0. The number of nitrogens with two attached hydrogens (primary N) is 1. The van der Waals surface area contributed by atoms with Gasteiger partial charge in [0.25, 0.3) is 0 Å². The predicted octanol–water partition coefficient (Wildman–Crippen LogP) is 2.81. The molecular formula is C12H16Cl2FNO3. The molecule has 3 N–H and O–H groups in total. The zero-order valence-electron chi connectivity index (χ0n) is 10.7. The summed E-state index contributed by atoms with van der Waals surface area (Å²) in [6.45, 7) is 3.06. The summed E-state index contributed by atoms with van der Waals surface area (Å²) in [6.07, 6.45) is 0. The van der Waals surface area contributed by atoms with Gasteiger partial charge in [0, 0.05) is 10.6 Å². The number of phenols is 1. The molecule has 0 heterocycles. The SMILES string of the molecule is COC(=O)C(C)(C)[C@H](N)c1c(Cl)ccc(F)c1O.Cl. The molecule has 0 spiro atoms. The summed E-state index contributed by atoms with van der Waals surface area (Å²) in [4.78, 5) is 11.6. The van der Waals surface area contributed by atoms with Crippen LogP contribution in [0.5, 0.6) is 5.75 Å². The minimum atomic E-state index is -1.15. The van der Waals surface area contributed by atoms with Gasteiger partial charge < -0.3 is 15.6 Å². The summed E-state index contributed by atoms with van der Waals surface area (Å²) in [5.41, 5.74) is 4.75. The van der Waals surface area contributed by atoms with Gasteiger partial charge in [0.1, 0.15) is 0 Å². The van der Waals surface area contributed by atoms with Crippen molar-refractivity contribution < 1.29 is 19.0 Å². The number of esters is 1. The minimum absolute atomic E-state index is 0. The lowest BCUT2D eigenvalue weighted by Crippen LogP contribution is -2.37. The third kappa shape index (κ3) is 3.29. The zero-order chi connectivity index (χ0) is 14.1. The highest BCUT2D eigenvalue weighted by Crippen LogP contribution is 2.41. The number of halogens is 3. The average Bonchev–Trinajstić information content (AvgIpc) is 2.33. The van der Waals surface area contributed by atoms with Crippen LogP contribution in [0.15, 0.2) is 12.1 Å². The third-order valence-corrected chi connectivity index (χ3v) is 3.24. The summed E-state index contributed by atoms with van der Waals surface area (Å²) in [5, 5.41) is 9.77. The largest absolute Gasteiger partial charge is 0.505 e. The Morgan fingerprint density at radius 2 is 2.05 bits per heavy atom. The van der Waals surface area contributed by atoms with Gasteiger partial charge in [-0.2, -0.15) is 0 Å². The third-order valence-electron chi connectivity index (χ3n) is 2.91. The standard InChI is InChI=1S/C12H15ClFNO3.ClH/c1-12(2,11(17)18-3)10(15)8-6(13)4-5-7(14)9(8)16;/h4-5,10,16H,15H2,1-3H3;1H/t10-;/m1./s1. The Bertz CT molecular complexity index is 480. The summed E-state index contributed by atoms with van der Waals surface area (Å²) >= 11 is 5.89. The average molecular weight is 312 g/mol. The van der Waals surface area contributed by atoms with Gasteiger partial charge in [-0.1, -0.05) is 11.6 Å². The maximum absolute atomic E-state index is 13.3. The van der Waals surface area contributed by atoms with Crippen LogP contribution in [0.2, 0.25) is 5.02 Å². The molecule has 4 nitrogen and oxygen atoms in total. The first-order valence-corrected chi connectivity index (χ1v) is 5.62. The van der Waals surface area contributed by atoms with Gasteiger partial charge in [-0.05, 0) is 26.0 Å². The van der Waals surface area contributed by atoms with Gasteiger partial charge in [-0.15, -0.1) is 12.4 Å². The van der Waals surface area contributed by atoms with Gasteiger partial charge in [-0.3, -0.25) is 4.79 Å². The Labute approximate surface area is 122 Å². The molecule has 0 saturated carbocycles. The molecular weight excluding hydrogens is 296 g/mol. The van der Waals surface area contributed by atoms with Crippen molar-refractivity contribution in [2.45, 2.75) is 19.9 Å². The van der Waals surface area contributed by atoms with Gasteiger partial charge in [0.15, 0.2) is 11.6 Å². The molecule has 1 aromatic rings. The number of benzene rings is 1. The fraction of sp³-hybridized carbons (Fsp3) is 0.417. The molecule has 0 aliphatic carbocycles. The van der Waals surface area contributed by atoms with E-state index in [4.69, 9.17) is 17.3 Å². The molecule has 0 fully saturated rings. The van der Waals surface area contributed by atoms with Crippen LogP contribution in [0, 0.1) is 11.2 Å². The molecule has 0 aromatic heterocycles. The molecule has 1 rings (SSSR count). The number of ether oxygens (including phenoxy) is 1. The number of carbonyl (C=O) groups is 1. The van der Waals surface area contributed by atoms with Crippen molar-refractivity contribution in [2.75, 3.05) is 7.11 Å². The number of rotatable bonds is 3. The molecule has 0 amide bonds. The molecule has 0 unspecified atom stereocenters. The van der Waals surface area contributed by atoms with E-state index in [-0.39, 0.29) is 23.0 Å². The topological polar surface area (TPSA) is 72.5 Å². The summed E-state index contributed by atoms with van der Waals surface area (Å²) in [6, 6.07) is 1.31. The molecule has 0 bridgehead atoms. The van der Waals surface area contributed by atoms with E-state index in [2.05, 4.69) is 4.74 Å². The molecule has 0 aliphatic heterocycles. The van der Waals surface area contributed by atoms with Crippen LogP contribution in [-0.2, 0) is 9.53 Å². The van der Waals surface area contributed by atoms with Crippen molar-refractivity contribution >= 4 is 30.0 Å². The lowest BCUT2D eigenvalue weighted by molar-refractivity contribution is -0.152. The van der Waals surface area contributed by atoms with Gasteiger partial charge in [-0.25, -0.2) is 4.39 Å². The Kier molecular flexibility index (Phi) is 6.06. The quantitative estimate of drug-likeness (QED) is 0.842. The molecule has 0 aliphatic rings. The Balaban J connectivity index is 0.00000324. The first-order valence-electron chi connectivity index (χ1n) is 5.24. The van der Waals surface area contributed by atoms with Gasteiger partial charge in [0.05, 0.1) is 18.6 Å². The lowest BCUT2D eigenvalue weighted by atomic mass is 9.80. The summed E-state index contributed by atoms with van der Waals surface area (Å²) in [5.74, 6) is -2.06. The fourth-order valence-electron chi connectivity index (χ4n) is 1.60. The Morgan fingerprint density at radius 3 is 2.53 bits per heavy atom. The number of aromatic hydroxyl groups is 1. The van der Waals surface area contributed by atoms with E-state index in [0.717, 1.165) is 6.07 Å². The maximum Gasteiger partial charge on any atom is 0.313 e. The van der Waals surface area contributed by atoms with Crippen molar-refractivity contribution in [2.24, 2.45) is 11.1 Å². The zero-order valence-corrected chi connectivity index (χ0v) is 12.3. The first-order chi connectivity index (χ1) is 8.23. The van der Waals surface area contributed by atoms with Crippen molar-refractivity contribution in [3.8, 4) is 5.75 Å². The second-order valence-electron chi connectivity index (χ2n) is 4.48. The predicted molar refractivity (Wildman–Crippen MR) is 73.0 cm³/mol. The maximum atomic E-state index is 13.3. The number of carbonyl (C=O) groups excluding carboxylic acids is 1. The van der Waals surface area contributed by atoms with Crippen molar-refractivity contribution in [1.82, 2.24) is 0 Å². The minimum Gasteiger partial charge on any atom is -0.505 e. The molecule has 19 heavy (non-hydrogen) atoms. The Morgan fingerprint density at radius 1 is 1.53 bits per heavy atom. The van der Waals surface area contributed by atoms with Crippen molar-refractivity contribution in [3.05, 3.63) is 28.5 Å². The molecule has 0 radical (unpaired) electrons. The molecule has 0 saturated heterocycles. The van der Waals surface area contributed by atoms with E-state index >= 15 is 0 Å². The van der Waals surface area contributed by atoms with E-state index in [1.165, 1.54) is 27.0 Å². The second kappa shape index (κ2) is 6.41. The molecule has 1 aromatic carbocycles. The monoisotopic (exact) mass is 311 g/mol.